The fourth-order valence-corrected chi connectivity index (χ4v) is 1.69. The highest BCUT2D eigenvalue weighted by atomic mass is 16.6. The van der Waals surface area contributed by atoms with E-state index >= 15 is 0 Å². The molecule has 0 saturated heterocycles. The van der Waals surface area contributed by atoms with Crippen molar-refractivity contribution in [2.45, 2.75) is 38.8 Å². The van der Waals surface area contributed by atoms with E-state index < -0.39 is 24.9 Å². The number of amides is 1. The number of carbonyl (C=O) groups is 1. The third kappa shape index (κ3) is 5.97. The van der Waals surface area contributed by atoms with Crippen LogP contribution in [0, 0.1) is 0 Å². The molecule has 0 radical (unpaired) electrons. The van der Waals surface area contributed by atoms with Crippen molar-refractivity contribution in [3.8, 4) is 0 Å². The second kappa shape index (κ2) is 7.24. The molecule has 6 nitrogen and oxygen atoms in total. The second-order valence-electron chi connectivity index (χ2n) is 5.61. The summed E-state index contributed by atoms with van der Waals surface area (Å²) in [5.74, 6) is 0. The molecule has 114 valence electrons. The summed E-state index contributed by atoms with van der Waals surface area (Å²) >= 11 is 0. The average Bonchev–Trinajstić information content (AvgIpc) is 2.36. The summed E-state index contributed by atoms with van der Waals surface area (Å²) in [6, 6.07) is 2.57. The highest BCUT2D eigenvalue weighted by Gasteiger charge is 2.21. The van der Waals surface area contributed by atoms with E-state index in [1.807, 2.05) is 0 Å². The summed E-state index contributed by atoms with van der Waals surface area (Å²) in [7, 11) is -1.59. The van der Waals surface area contributed by atoms with Crippen LogP contribution in [0.2, 0.25) is 0 Å². The number of hydrogen-bond acceptors (Lipinski definition) is 5. The fourth-order valence-electron chi connectivity index (χ4n) is 1.69. The zero-order valence-electron chi connectivity index (χ0n) is 12.5. The first-order valence-electron chi connectivity index (χ1n) is 6.65. The molecule has 1 atom stereocenters. The van der Waals surface area contributed by atoms with Gasteiger partial charge in [0.25, 0.3) is 0 Å². The quantitative estimate of drug-likeness (QED) is 0.554. The molecule has 0 aliphatic carbocycles. The number of ether oxygens (including phenoxy) is 1. The molecule has 1 aromatic rings. The zero-order valence-corrected chi connectivity index (χ0v) is 12.5. The van der Waals surface area contributed by atoms with Crippen LogP contribution in [0.3, 0.4) is 0 Å². The van der Waals surface area contributed by atoms with Gasteiger partial charge in [-0.25, -0.2) is 4.79 Å². The van der Waals surface area contributed by atoms with Gasteiger partial charge in [0, 0.05) is 6.20 Å². The normalized spacial score (nSPS) is 12.4. The summed E-state index contributed by atoms with van der Waals surface area (Å²) < 4.78 is 5.20. The SMILES string of the molecule is C=CCC(NC(=O)OC(C)(C)C)c1cc(B(O)O)ccn1. The number of nitrogens with one attached hydrogen (secondary N) is 1. The van der Waals surface area contributed by atoms with Crippen molar-refractivity contribution in [3.05, 3.63) is 36.7 Å². The van der Waals surface area contributed by atoms with Gasteiger partial charge in [0.1, 0.15) is 5.60 Å². The predicted molar refractivity (Wildman–Crippen MR) is 81.0 cm³/mol. The minimum Gasteiger partial charge on any atom is -0.444 e. The van der Waals surface area contributed by atoms with Crippen LogP contribution in [0.5, 0.6) is 0 Å². The molecule has 7 heteroatoms. The molecule has 0 aliphatic rings. The summed E-state index contributed by atoms with van der Waals surface area (Å²) in [5.41, 5.74) is 0.214. The highest BCUT2D eigenvalue weighted by Crippen LogP contribution is 2.15. The van der Waals surface area contributed by atoms with Crippen LogP contribution < -0.4 is 10.8 Å². The fraction of sp³-hybridized carbons (Fsp3) is 0.429. The van der Waals surface area contributed by atoms with Gasteiger partial charge in [0.05, 0.1) is 11.7 Å². The smallest absolute Gasteiger partial charge is 0.444 e. The van der Waals surface area contributed by atoms with Crippen molar-refractivity contribution in [3.63, 3.8) is 0 Å². The van der Waals surface area contributed by atoms with Crippen LogP contribution in [-0.4, -0.2) is 33.8 Å². The first-order valence-corrected chi connectivity index (χ1v) is 6.65. The number of aromatic nitrogens is 1. The minimum absolute atomic E-state index is 0.306. The van der Waals surface area contributed by atoms with Crippen LogP contribution in [0.25, 0.3) is 0 Å². The van der Waals surface area contributed by atoms with Crippen molar-refractivity contribution in [1.29, 1.82) is 0 Å². The molecule has 1 unspecified atom stereocenters. The summed E-state index contributed by atoms with van der Waals surface area (Å²) in [5, 5.41) is 21.1. The zero-order chi connectivity index (χ0) is 16.0. The van der Waals surface area contributed by atoms with E-state index in [1.165, 1.54) is 18.3 Å². The number of carbonyl (C=O) groups excluding carboxylic acids is 1. The van der Waals surface area contributed by atoms with Crippen LogP contribution in [0.4, 0.5) is 4.79 Å². The first kappa shape index (κ1) is 17.2. The van der Waals surface area contributed by atoms with Gasteiger partial charge in [-0.2, -0.15) is 0 Å². The Morgan fingerprint density at radius 1 is 1.57 bits per heavy atom. The lowest BCUT2D eigenvalue weighted by molar-refractivity contribution is 0.0503. The van der Waals surface area contributed by atoms with Crippen molar-refractivity contribution < 1.29 is 19.6 Å². The monoisotopic (exact) mass is 292 g/mol. The van der Waals surface area contributed by atoms with E-state index in [0.717, 1.165) is 0 Å². The molecular weight excluding hydrogens is 271 g/mol. The number of pyridine rings is 1. The van der Waals surface area contributed by atoms with Crippen LogP contribution >= 0.6 is 0 Å². The van der Waals surface area contributed by atoms with Crippen LogP contribution in [0.15, 0.2) is 31.0 Å². The van der Waals surface area contributed by atoms with Crippen molar-refractivity contribution in [1.82, 2.24) is 10.3 Å². The Bertz CT molecular complexity index is 500. The van der Waals surface area contributed by atoms with Crippen LogP contribution in [0.1, 0.15) is 38.9 Å². The molecule has 1 rings (SSSR count). The van der Waals surface area contributed by atoms with Crippen LogP contribution in [-0.2, 0) is 4.74 Å². The Morgan fingerprint density at radius 3 is 2.76 bits per heavy atom. The maximum absolute atomic E-state index is 11.8. The van der Waals surface area contributed by atoms with E-state index in [0.29, 0.717) is 17.6 Å². The molecule has 0 spiro atoms. The number of hydrogen-bond donors (Lipinski definition) is 3. The molecule has 3 N–H and O–H groups in total. The molecular formula is C14H21BN2O4. The Hall–Kier alpha value is -1.86. The van der Waals surface area contributed by atoms with E-state index in [9.17, 15) is 14.8 Å². The van der Waals surface area contributed by atoms with Gasteiger partial charge in [-0.15, -0.1) is 6.58 Å². The lowest BCUT2D eigenvalue weighted by Crippen LogP contribution is -2.36. The first-order chi connectivity index (χ1) is 9.73. The van der Waals surface area contributed by atoms with Gasteiger partial charge in [0.15, 0.2) is 0 Å². The highest BCUT2D eigenvalue weighted by molar-refractivity contribution is 6.58. The molecule has 0 aromatic carbocycles. The standard InChI is InChI=1S/C14H21BN2O4/c1-5-6-11(17-13(18)21-14(2,3)4)12-9-10(15(19)20)7-8-16-12/h5,7-9,11,19-20H,1,6H2,2-4H3,(H,17,18). The maximum Gasteiger partial charge on any atom is 0.488 e. The molecule has 1 heterocycles. The largest absolute Gasteiger partial charge is 0.488 e. The third-order valence-corrected chi connectivity index (χ3v) is 2.55. The second-order valence-corrected chi connectivity index (χ2v) is 5.61. The Kier molecular flexibility index (Phi) is 5.93. The van der Waals surface area contributed by atoms with Gasteiger partial charge in [0.2, 0.25) is 0 Å². The van der Waals surface area contributed by atoms with Gasteiger partial charge in [-0.1, -0.05) is 6.08 Å². The number of nitrogens with zero attached hydrogens (tertiary/aromatic N) is 1. The topological polar surface area (TPSA) is 91.7 Å². The number of rotatable bonds is 5. The molecule has 0 saturated carbocycles. The third-order valence-electron chi connectivity index (χ3n) is 2.55. The molecule has 0 bridgehead atoms. The van der Waals surface area contributed by atoms with Crippen molar-refractivity contribution >= 4 is 18.7 Å². The minimum atomic E-state index is -1.59. The lowest BCUT2D eigenvalue weighted by atomic mass is 9.80. The predicted octanol–water partition coefficient (Wildman–Crippen LogP) is 0.903. The summed E-state index contributed by atoms with van der Waals surface area (Å²) in [6.07, 6.45) is 2.98. The van der Waals surface area contributed by atoms with Crippen molar-refractivity contribution in [2.24, 2.45) is 0 Å². The molecule has 0 fully saturated rings. The Labute approximate surface area is 125 Å². The molecule has 0 aliphatic heterocycles. The van der Waals surface area contributed by atoms with E-state index in [1.54, 1.807) is 26.8 Å². The number of alkyl carbamates (subject to hydrolysis) is 1. The van der Waals surface area contributed by atoms with E-state index in [-0.39, 0.29) is 0 Å². The lowest BCUT2D eigenvalue weighted by Gasteiger charge is -2.23. The van der Waals surface area contributed by atoms with Gasteiger partial charge in [-0.05, 0) is 44.8 Å². The molecule has 1 amide bonds. The Morgan fingerprint density at radius 2 is 2.24 bits per heavy atom. The van der Waals surface area contributed by atoms with E-state index in [2.05, 4.69) is 16.9 Å². The molecule has 1 aromatic heterocycles. The van der Waals surface area contributed by atoms with Crippen molar-refractivity contribution in [2.75, 3.05) is 0 Å². The van der Waals surface area contributed by atoms with Gasteiger partial charge >= 0.3 is 13.2 Å². The Balaban J connectivity index is 2.88. The average molecular weight is 292 g/mol. The van der Waals surface area contributed by atoms with Gasteiger partial charge < -0.3 is 20.1 Å². The molecule has 21 heavy (non-hydrogen) atoms. The summed E-state index contributed by atoms with van der Waals surface area (Å²) in [6.45, 7) is 8.97. The van der Waals surface area contributed by atoms with Gasteiger partial charge in [-0.3, -0.25) is 4.98 Å². The maximum atomic E-state index is 11.8. The van der Waals surface area contributed by atoms with E-state index in [4.69, 9.17) is 4.74 Å². The summed E-state index contributed by atoms with van der Waals surface area (Å²) in [4.78, 5) is 16.0.